The Balaban J connectivity index is 2.62. The normalized spacial score (nSPS) is 11.5. The van der Waals surface area contributed by atoms with Crippen LogP contribution in [0.15, 0.2) is 18.2 Å². The van der Waals surface area contributed by atoms with Crippen molar-refractivity contribution < 1.29 is 17.5 Å². The number of hydrogen-bond donors (Lipinski definition) is 1. The standard InChI is InChI=1S/C12H18FNO3S/c1-2-7-18(15,16)8-6-17-12-5-3-4-11(13)10(12)9-14/h3-5H,2,6-9,14H2,1H3. The van der Waals surface area contributed by atoms with Crippen molar-refractivity contribution >= 4 is 9.84 Å². The van der Waals surface area contributed by atoms with Gasteiger partial charge in [-0.05, 0) is 18.6 Å². The maximum atomic E-state index is 13.4. The molecule has 0 saturated carbocycles. The molecule has 0 fully saturated rings. The maximum absolute atomic E-state index is 13.4. The second kappa shape index (κ2) is 6.70. The number of rotatable bonds is 7. The smallest absolute Gasteiger partial charge is 0.153 e. The zero-order valence-corrected chi connectivity index (χ0v) is 11.2. The zero-order chi connectivity index (χ0) is 13.6. The Morgan fingerprint density at radius 3 is 2.67 bits per heavy atom. The molecule has 0 bridgehead atoms. The van der Waals surface area contributed by atoms with Gasteiger partial charge < -0.3 is 10.5 Å². The van der Waals surface area contributed by atoms with E-state index in [1.165, 1.54) is 12.1 Å². The highest BCUT2D eigenvalue weighted by Gasteiger charge is 2.11. The summed E-state index contributed by atoms with van der Waals surface area (Å²) in [6, 6.07) is 4.38. The summed E-state index contributed by atoms with van der Waals surface area (Å²) in [7, 11) is -3.08. The third-order valence-electron chi connectivity index (χ3n) is 2.45. The van der Waals surface area contributed by atoms with Crippen molar-refractivity contribution in [3.05, 3.63) is 29.6 Å². The Kier molecular flexibility index (Phi) is 5.55. The van der Waals surface area contributed by atoms with Crippen LogP contribution >= 0.6 is 0 Å². The molecule has 0 spiro atoms. The van der Waals surface area contributed by atoms with E-state index in [0.717, 1.165) is 0 Å². The van der Waals surface area contributed by atoms with Crippen LogP contribution in [0.3, 0.4) is 0 Å². The van der Waals surface area contributed by atoms with Crippen LogP contribution in [0, 0.1) is 5.82 Å². The summed E-state index contributed by atoms with van der Waals surface area (Å²) in [5, 5.41) is 0. The fourth-order valence-electron chi connectivity index (χ4n) is 1.56. The predicted octanol–water partition coefficient (Wildman–Crippen LogP) is 1.49. The second-order valence-corrected chi connectivity index (χ2v) is 6.22. The molecule has 18 heavy (non-hydrogen) atoms. The van der Waals surface area contributed by atoms with Gasteiger partial charge in [-0.15, -0.1) is 0 Å². The maximum Gasteiger partial charge on any atom is 0.153 e. The van der Waals surface area contributed by atoms with Gasteiger partial charge in [0.1, 0.15) is 18.2 Å². The fraction of sp³-hybridized carbons (Fsp3) is 0.500. The lowest BCUT2D eigenvalue weighted by Gasteiger charge is -2.11. The summed E-state index contributed by atoms with van der Waals surface area (Å²) in [5.74, 6) is -0.0550. The lowest BCUT2D eigenvalue weighted by molar-refractivity contribution is 0.334. The Hall–Kier alpha value is -1.14. The molecule has 0 aliphatic rings. The number of ether oxygens (including phenoxy) is 1. The molecule has 0 aromatic heterocycles. The number of benzene rings is 1. The Labute approximate surface area is 107 Å². The molecular weight excluding hydrogens is 257 g/mol. The highest BCUT2D eigenvalue weighted by atomic mass is 32.2. The predicted molar refractivity (Wildman–Crippen MR) is 68.7 cm³/mol. The first kappa shape index (κ1) is 14.9. The molecule has 1 aromatic carbocycles. The van der Waals surface area contributed by atoms with Gasteiger partial charge in [0.05, 0.1) is 11.5 Å². The van der Waals surface area contributed by atoms with Crippen LogP contribution in [-0.4, -0.2) is 26.5 Å². The average molecular weight is 275 g/mol. The molecule has 0 atom stereocenters. The molecular formula is C12H18FNO3S. The van der Waals surface area contributed by atoms with Crippen LogP contribution in [-0.2, 0) is 16.4 Å². The molecule has 0 radical (unpaired) electrons. The van der Waals surface area contributed by atoms with Crippen LogP contribution in [0.2, 0.25) is 0 Å². The first-order valence-electron chi connectivity index (χ1n) is 5.81. The number of hydrogen-bond acceptors (Lipinski definition) is 4. The van der Waals surface area contributed by atoms with Crippen molar-refractivity contribution in [1.82, 2.24) is 0 Å². The van der Waals surface area contributed by atoms with Gasteiger partial charge >= 0.3 is 0 Å². The fourth-order valence-corrected chi connectivity index (χ4v) is 2.73. The van der Waals surface area contributed by atoms with Crippen molar-refractivity contribution in [3.63, 3.8) is 0 Å². The summed E-state index contributed by atoms with van der Waals surface area (Å²) in [6.07, 6.45) is 0.580. The number of sulfone groups is 1. The van der Waals surface area contributed by atoms with Crippen molar-refractivity contribution in [2.24, 2.45) is 5.73 Å². The zero-order valence-electron chi connectivity index (χ0n) is 10.4. The summed E-state index contributed by atoms with van der Waals surface area (Å²) in [6.45, 7) is 1.83. The van der Waals surface area contributed by atoms with Crippen molar-refractivity contribution in [3.8, 4) is 5.75 Å². The molecule has 2 N–H and O–H groups in total. The monoisotopic (exact) mass is 275 g/mol. The molecule has 0 heterocycles. The highest BCUT2D eigenvalue weighted by Crippen LogP contribution is 2.20. The molecule has 0 saturated heterocycles. The Bertz CT molecular complexity index is 488. The lowest BCUT2D eigenvalue weighted by Crippen LogP contribution is -2.17. The minimum atomic E-state index is -3.08. The van der Waals surface area contributed by atoms with Crippen molar-refractivity contribution in [2.45, 2.75) is 19.9 Å². The summed E-state index contributed by atoms with van der Waals surface area (Å²) < 4.78 is 41.6. The molecule has 1 aromatic rings. The molecule has 0 unspecified atom stereocenters. The van der Waals surface area contributed by atoms with E-state index < -0.39 is 15.7 Å². The SMILES string of the molecule is CCCS(=O)(=O)CCOc1cccc(F)c1CN. The molecule has 1 rings (SSSR count). The van der Waals surface area contributed by atoms with E-state index in [-0.39, 0.29) is 30.2 Å². The van der Waals surface area contributed by atoms with E-state index in [4.69, 9.17) is 10.5 Å². The molecule has 0 aliphatic carbocycles. The van der Waals surface area contributed by atoms with Gasteiger partial charge in [0.15, 0.2) is 9.84 Å². The van der Waals surface area contributed by atoms with Crippen LogP contribution in [0.4, 0.5) is 4.39 Å². The molecule has 102 valence electrons. The molecule has 0 aliphatic heterocycles. The third-order valence-corrected chi connectivity index (χ3v) is 4.27. The highest BCUT2D eigenvalue weighted by molar-refractivity contribution is 7.91. The van der Waals surface area contributed by atoms with E-state index in [1.807, 2.05) is 0 Å². The number of halogens is 1. The third kappa shape index (κ3) is 4.27. The molecule has 4 nitrogen and oxygen atoms in total. The average Bonchev–Trinajstić information content (AvgIpc) is 2.29. The van der Waals surface area contributed by atoms with E-state index in [9.17, 15) is 12.8 Å². The second-order valence-electron chi connectivity index (χ2n) is 3.92. The summed E-state index contributed by atoms with van der Waals surface area (Å²) in [4.78, 5) is 0. The largest absolute Gasteiger partial charge is 0.492 e. The van der Waals surface area contributed by atoms with Crippen LogP contribution in [0.1, 0.15) is 18.9 Å². The van der Waals surface area contributed by atoms with Gasteiger partial charge in [-0.25, -0.2) is 12.8 Å². The van der Waals surface area contributed by atoms with E-state index in [2.05, 4.69) is 0 Å². The lowest BCUT2D eigenvalue weighted by atomic mass is 10.2. The summed E-state index contributed by atoms with van der Waals surface area (Å²) in [5.41, 5.74) is 5.69. The molecule has 6 heteroatoms. The Morgan fingerprint density at radius 2 is 2.06 bits per heavy atom. The van der Waals surface area contributed by atoms with E-state index in [1.54, 1.807) is 13.0 Å². The van der Waals surface area contributed by atoms with Gasteiger partial charge in [-0.1, -0.05) is 13.0 Å². The van der Waals surface area contributed by atoms with E-state index in [0.29, 0.717) is 12.2 Å². The van der Waals surface area contributed by atoms with Crippen LogP contribution in [0.5, 0.6) is 5.75 Å². The van der Waals surface area contributed by atoms with Crippen LogP contribution in [0.25, 0.3) is 0 Å². The minimum absolute atomic E-state index is 0.0127. The Morgan fingerprint density at radius 1 is 1.33 bits per heavy atom. The summed E-state index contributed by atoms with van der Waals surface area (Å²) >= 11 is 0. The van der Waals surface area contributed by atoms with Crippen molar-refractivity contribution in [1.29, 1.82) is 0 Å². The van der Waals surface area contributed by atoms with Gasteiger partial charge in [0.2, 0.25) is 0 Å². The van der Waals surface area contributed by atoms with Crippen LogP contribution < -0.4 is 10.5 Å². The van der Waals surface area contributed by atoms with Gasteiger partial charge in [0.25, 0.3) is 0 Å². The molecule has 0 amide bonds. The first-order chi connectivity index (χ1) is 8.50. The first-order valence-corrected chi connectivity index (χ1v) is 7.63. The topological polar surface area (TPSA) is 69.4 Å². The number of nitrogens with two attached hydrogens (primary N) is 1. The van der Waals surface area contributed by atoms with E-state index >= 15 is 0 Å². The van der Waals surface area contributed by atoms with Gasteiger partial charge in [0, 0.05) is 12.1 Å². The van der Waals surface area contributed by atoms with Crippen molar-refractivity contribution in [2.75, 3.05) is 18.1 Å². The minimum Gasteiger partial charge on any atom is -0.492 e. The van der Waals surface area contributed by atoms with Gasteiger partial charge in [-0.2, -0.15) is 0 Å². The van der Waals surface area contributed by atoms with Gasteiger partial charge in [-0.3, -0.25) is 0 Å². The quantitative estimate of drug-likeness (QED) is 0.818.